The quantitative estimate of drug-likeness (QED) is 0.722. The van der Waals surface area contributed by atoms with Crippen molar-refractivity contribution in [3.05, 3.63) is 41.5 Å². The summed E-state index contributed by atoms with van der Waals surface area (Å²) in [5, 5.41) is 19.4. The molecule has 5 nitrogen and oxygen atoms in total. The van der Waals surface area contributed by atoms with Crippen LogP contribution in [0.25, 0.3) is 0 Å². The molecule has 0 atom stereocenters. The predicted molar refractivity (Wildman–Crippen MR) is 101 cm³/mol. The fraction of sp³-hybridized carbons (Fsp3) is 0.500. The zero-order valence-electron chi connectivity index (χ0n) is 16.1. The molecule has 5 heteroatoms. The Bertz CT molecular complexity index is 599. The third kappa shape index (κ3) is 7.88. The fourth-order valence-corrected chi connectivity index (χ4v) is 2.23. The summed E-state index contributed by atoms with van der Waals surface area (Å²) in [6, 6.07) is 3.88. The molecule has 0 heterocycles. The van der Waals surface area contributed by atoms with Gasteiger partial charge >= 0.3 is 5.97 Å². The number of nitrogens with two attached hydrogens (primary N) is 1. The summed E-state index contributed by atoms with van der Waals surface area (Å²) in [4.78, 5) is 20.2. The van der Waals surface area contributed by atoms with Crippen molar-refractivity contribution in [2.45, 2.75) is 65.2 Å². The van der Waals surface area contributed by atoms with Crippen molar-refractivity contribution >= 4 is 11.9 Å². The molecule has 4 N–H and O–H groups in total. The lowest BCUT2D eigenvalue weighted by Gasteiger charge is -2.28. The highest BCUT2D eigenvalue weighted by Gasteiger charge is 2.26. The Morgan fingerprint density at radius 2 is 1.44 bits per heavy atom. The molecule has 140 valence electrons. The molecule has 0 saturated carbocycles. The lowest BCUT2D eigenvalue weighted by Crippen LogP contribution is -2.18. The molecule has 0 saturated heterocycles. The van der Waals surface area contributed by atoms with E-state index in [9.17, 15) is 14.7 Å². The first-order valence-corrected chi connectivity index (χ1v) is 8.20. The van der Waals surface area contributed by atoms with Gasteiger partial charge in [0.15, 0.2) is 0 Å². The van der Waals surface area contributed by atoms with Crippen LogP contribution in [-0.2, 0) is 26.8 Å². The van der Waals surface area contributed by atoms with E-state index in [1.807, 2.05) is 12.1 Å². The highest BCUT2D eigenvalue weighted by atomic mass is 16.4. The number of aliphatic carboxylic acids is 1. The number of aromatic hydroxyl groups is 1. The molecule has 1 amide bonds. The van der Waals surface area contributed by atoms with Gasteiger partial charge in [-0.2, -0.15) is 0 Å². The third-order valence-corrected chi connectivity index (χ3v) is 3.61. The van der Waals surface area contributed by atoms with E-state index in [1.165, 1.54) is 0 Å². The van der Waals surface area contributed by atoms with Crippen molar-refractivity contribution in [2.24, 2.45) is 5.73 Å². The molecule has 0 aliphatic heterocycles. The second-order valence-electron chi connectivity index (χ2n) is 8.04. The summed E-state index contributed by atoms with van der Waals surface area (Å²) in [6.07, 6.45) is 1.65. The van der Waals surface area contributed by atoms with Crippen molar-refractivity contribution in [2.75, 3.05) is 0 Å². The molecule has 0 aromatic heterocycles. The topological polar surface area (TPSA) is 101 Å². The van der Waals surface area contributed by atoms with E-state index in [0.29, 0.717) is 12.2 Å². The van der Waals surface area contributed by atoms with Gasteiger partial charge in [-0.1, -0.05) is 60.3 Å². The first-order valence-electron chi connectivity index (χ1n) is 8.20. The average molecular weight is 349 g/mol. The molecule has 1 rings (SSSR count). The molecular formula is C20H31NO4. The maximum absolute atomic E-state index is 10.8. The van der Waals surface area contributed by atoms with Gasteiger partial charge in [0.25, 0.3) is 0 Å². The van der Waals surface area contributed by atoms with E-state index < -0.39 is 11.9 Å². The number of carboxylic acids is 1. The zero-order valence-corrected chi connectivity index (χ0v) is 16.1. The Balaban J connectivity index is 0.00000101. The van der Waals surface area contributed by atoms with Gasteiger partial charge in [0.05, 0.1) is 0 Å². The molecule has 1 aromatic carbocycles. The van der Waals surface area contributed by atoms with Crippen LogP contribution >= 0.6 is 0 Å². The molecule has 25 heavy (non-hydrogen) atoms. The number of hydrogen-bond acceptors (Lipinski definition) is 3. The third-order valence-electron chi connectivity index (χ3n) is 3.61. The van der Waals surface area contributed by atoms with Crippen LogP contribution in [0.4, 0.5) is 0 Å². The molecule has 0 radical (unpaired) electrons. The number of hydrogen-bond donors (Lipinski definition) is 3. The van der Waals surface area contributed by atoms with E-state index >= 15 is 0 Å². The molecule has 0 spiro atoms. The van der Waals surface area contributed by atoms with Gasteiger partial charge in [-0.3, -0.25) is 9.59 Å². The number of carbonyl (C=O) groups is 2. The summed E-state index contributed by atoms with van der Waals surface area (Å²) in [7, 11) is 0. The smallest absolute Gasteiger partial charge is 0.303 e. The maximum Gasteiger partial charge on any atom is 0.303 e. The van der Waals surface area contributed by atoms with Gasteiger partial charge in [-0.25, -0.2) is 0 Å². The first kappa shape index (κ1) is 22.7. The normalized spacial score (nSPS) is 11.3. The molecule has 0 bridgehead atoms. The minimum atomic E-state index is -0.798. The fourth-order valence-electron chi connectivity index (χ4n) is 2.23. The second kappa shape index (κ2) is 8.70. The van der Waals surface area contributed by atoms with Crippen LogP contribution in [0.15, 0.2) is 24.8 Å². The number of carbonyl (C=O) groups excluding carboxylic acids is 1. The first-order chi connectivity index (χ1) is 11.2. The Morgan fingerprint density at radius 1 is 1.08 bits per heavy atom. The van der Waals surface area contributed by atoms with Crippen molar-refractivity contribution in [3.63, 3.8) is 0 Å². The highest BCUT2D eigenvalue weighted by Crippen LogP contribution is 2.39. The summed E-state index contributed by atoms with van der Waals surface area (Å²) in [5.74, 6) is -0.943. The van der Waals surface area contributed by atoms with E-state index in [-0.39, 0.29) is 17.3 Å². The van der Waals surface area contributed by atoms with Crippen LogP contribution < -0.4 is 5.73 Å². The minimum Gasteiger partial charge on any atom is -0.507 e. The van der Waals surface area contributed by atoms with Crippen LogP contribution in [-0.4, -0.2) is 22.1 Å². The van der Waals surface area contributed by atoms with E-state index in [0.717, 1.165) is 22.8 Å². The molecule has 1 aromatic rings. The van der Waals surface area contributed by atoms with Crippen LogP contribution in [0.1, 0.15) is 64.7 Å². The van der Waals surface area contributed by atoms with E-state index in [1.54, 1.807) is 0 Å². The second-order valence-corrected chi connectivity index (χ2v) is 8.04. The monoisotopic (exact) mass is 349 g/mol. The van der Waals surface area contributed by atoms with Crippen molar-refractivity contribution < 1.29 is 19.8 Å². The SMILES string of the molecule is C=CC(N)=O.CC(C)(C)c1cc(CCC(=O)O)cc(C(C)(C)C)c1O. The molecule has 0 fully saturated rings. The van der Waals surface area contributed by atoms with Crippen molar-refractivity contribution in [3.8, 4) is 5.75 Å². The van der Waals surface area contributed by atoms with Crippen LogP contribution in [0.5, 0.6) is 5.75 Å². The van der Waals surface area contributed by atoms with Gasteiger partial charge in [0.2, 0.25) is 5.91 Å². The molecular weight excluding hydrogens is 318 g/mol. The molecule has 0 aliphatic carbocycles. The van der Waals surface area contributed by atoms with Crippen LogP contribution in [0.3, 0.4) is 0 Å². The Morgan fingerprint density at radius 3 is 1.68 bits per heavy atom. The van der Waals surface area contributed by atoms with Crippen LogP contribution in [0, 0.1) is 0 Å². The van der Waals surface area contributed by atoms with Gasteiger partial charge in [0, 0.05) is 6.42 Å². The van der Waals surface area contributed by atoms with Crippen LogP contribution in [0.2, 0.25) is 0 Å². The number of phenolic OH excluding ortho intramolecular Hbond substituents is 1. The predicted octanol–water partition coefficient (Wildman–Crippen LogP) is 3.66. The number of carboxylic acid groups (broad SMARTS) is 1. The van der Waals surface area contributed by atoms with Gasteiger partial charge in [-0.05, 0) is 40.0 Å². The average Bonchev–Trinajstić information content (AvgIpc) is 2.44. The number of primary amides is 1. The van der Waals surface area contributed by atoms with Gasteiger partial charge < -0.3 is 15.9 Å². The summed E-state index contributed by atoms with van der Waals surface area (Å²) >= 11 is 0. The summed E-state index contributed by atoms with van der Waals surface area (Å²) in [5.41, 5.74) is 6.91. The lowest BCUT2D eigenvalue weighted by atomic mass is 9.78. The van der Waals surface area contributed by atoms with E-state index in [2.05, 4.69) is 53.9 Å². The number of aryl methyl sites for hydroxylation is 1. The Labute approximate surface area is 150 Å². The highest BCUT2D eigenvalue weighted by molar-refractivity contribution is 5.84. The van der Waals surface area contributed by atoms with Crippen molar-refractivity contribution in [1.82, 2.24) is 0 Å². The minimum absolute atomic E-state index is 0.109. The maximum atomic E-state index is 10.8. The molecule has 0 unspecified atom stereocenters. The molecule has 0 aliphatic rings. The largest absolute Gasteiger partial charge is 0.507 e. The number of amides is 1. The number of benzene rings is 1. The van der Waals surface area contributed by atoms with Crippen molar-refractivity contribution in [1.29, 1.82) is 0 Å². The van der Waals surface area contributed by atoms with Gasteiger partial charge in [-0.15, -0.1) is 0 Å². The summed E-state index contributed by atoms with van der Waals surface area (Å²) in [6.45, 7) is 15.4. The Hall–Kier alpha value is -2.30. The van der Waals surface area contributed by atoms with E-state index in [4.69, 9.17) is 5.11 Å². The summed E-state index contributed by atoms with van der Waals surface area (Å²) < 4.78 is 0. The zero-order chi connectivity index (χ0) is 20.0. The lowest BCUT2D eigenvalue weighted by molar-refractivity contribution is -0.137. The standard InChI is InChI=1S/C17H26O3.C3H5NO/c1-16(2,3)12-9-11(7-8-14(18)19)10-13(15(12)20)17(4,5)6;1-2-3(4)5/h9-10,20H,7-8H2,1-6H3,(H,18,19);2H,1H2,(H2,4,5). The Kier molecular flexibility index (Phi) is 7.90. The van der Waals surface area contributed by atoms with Gasteiger partial charge in [0.1, 0.15) is 5.75 Å². The number of rotatable bonds is 4. The number of phenols is 1.